The molecule has 2 saturated heterocycles. The molecule has 6 aromatic rings. The van der Waals surface area contributed by atoms with Gasteiger partial charge in [-0.25, -0.2) is 56.3 Å². The number of rotatable bonds is 19. The number of carbonyl (C=O) groups excluding carboxylic acids is 7. The van der Waals surface area contributed by atoms with Gasteiger partial charge in [0.05, 0.1) is 62.2 Å². The van der Waals surface area contributed by atoms with E-state index in [0.29, 0.717) is 99.7 Å². The molecule has 14 rings (SSSR count). The van der Waals surface area contributed by atoms with Gasteiger partial charge in [0.2, 0.25) is 43.7 Å². The van der Waals surface area contributed by atoms with Crippen molar-refractivity contribution in [2.45, 2.75) is 241 Å². The molecular weight excluding hydrogens is 1610 g/mol. The Bertz CT molecular complexity index is 5000. The maximum Gasteiger partial charge on any atom is 0.408 e. The number of nitrogens with two attached hydrogens (primary N) is 1. The van der Waals surface area contributed by atoms with Crippen LogP contribution in [-0.2, 0) is 58.3 Å². The number of alkyl carbamates (subject to hydrolysis) is 2. The summed E-state index contributed by atoms with van der Waals surface area (Å²) in [7, 11) is -3.96. The molecule has 10 atom stereocenters. The number of nitrogens with zero attached hydrogens (tertiary/aromatic N) is 6. The molecule has 4 aliphatic heterocycles. The van der Waals surface area contributed by atoms with Gasteiger partial charge in [-0.05, 0) is 155 Å². The summed E-state index contributed by atoms with van der Waals surface area (Å²) in [5.41, 5.74) is 0.629. The number of sulfonamides is 2. The first-order valence-electron chi connectivity index (χ1n) is 40.8. The number of methoxy groups -OCH3 is 2. The van der Waals surface area contributed by atoms with Crippen LogP contribution in [0.25, 0.3) is 44.6 Å². The zero-order chi connectivity index (χ0) is 85.1. The number of carboxylic acids is 1. The molecule has 0 bridgehead atoms. The van der Waals surface area contributed by atoms with Gasteiger partial charge in [0, 0.05) is 82.6 Å². The third-order valence-electron chi connectivity index (χ3n) is 22.2. The molecule has 0 radical (unpaired) electrons. The molecule has 4 aromatic heterocycles. The zero-order valence-corrected chi connectivity index (χ0v) is 71.4. The first-order chi connectivity index (χ1) is 56.7. The SMILES string of the molecule is COc1ccc2c(O[C@@H]3C[C@H]4C(=O)N[C@]5(C(=O)NS(C)(=O)=O)C[C@H]5/C=C\CCCCC[C@H](NC(=O)OC5CCCC5)C(=O)N4C3)cc(-c3csc(NC(C)C)n3)nc2c1.COc1ccc2c(O[C@@H]3C[C@H]4C(=O)N[C@]5(C(=O)O)C[C@H]5/C=C\CCCCC[C@H](NC(=O)OC5CCCC5)C(=O)N4C3)cc(-c3csc(NC(C)C)n3)nc2c1.CS(N)(=O)=O. The molecule has 119 heavy (non-hydrogen) atoms. The zero-order valence-electron chi connectivity index (χ0n) is 68.2. The van der Waals surface area contributed by atoms with E-state index in [1.54, 1.807) is 32.4 Å². The monoisotopic (exact) mass is 1720 g/mol. The van der Waals surface area contributed by atoms with Crippen LogP contribution < -0.4 is 60.7 Å². The standard InChI is InChI=1S/C41H53N7O9S2.C40H50N6O8S.CH5NO2S/c1-24(2)42-39-44-33(23-58-39)32-20-35(29-17-16-27(55-3)18-31(29)43-32)56-28-19-34-36(49)46-41(38(51)47-59(4,53)54)21-25(41)12-8-6-5-7-9-15-30(37(50)48(34)22-28)45-40(52)57-26-13-10-11-14-26;1-23(2)41-38-43-32(22-55-38)31-19-34(28-16-15-26(52-3)17-30(28)42-31)53-27-18-33-35(47)45-40(37(49)50)20-24(40)11-7-5-4-6-8-14-29(36(48)46(33)21-27)44-39(51)54-25-12-9-10-13-25;1-5(2,3)4/h8,12,16-18,20,23-26,28,30,34H,5-7,9-11,13-15,19,21-22H2,1-4H3,(H,42,44)(H,45,52)(H,46,49)(H,47,51);7,11,15-17,19,22-25,27,29,33H,4-6,8-10,12-14,18,20-21H2,1-3H3,(H,41,43)(H,44,51)(H,45,47)(H,49,50);1H3,(H2,2,3,4)/b12-8-;11-7-;/t25-,28-,30+,34+,41-;24-,27-,29+,33+,40-;/m11./s1. The Morgan fingerprint density at radius 1 is 0.555 bits per heavy atom. The molecule has 7 amide bonds. The summed E-state index contributed by atoms with van der Waals surface area (Å²) in [4.78, 5) is 132. The van der Waals surface area contributed by atoms with Gasteiger partial charge in [-0.2, -0.15) is 0 Å². The Kier molecular flexibility index (Phi) is 28.6. The van der Waals surface area contributed by atoms with Crippen molar-refractivity contribution < 1.29 is 88.7 Å². The number of thiazole rings is 2. The normalized spacial score (nSPS) is 25.6. The highest BCUT2D eigenvalue weighted by atomic mass is 32.2. The Morgan fingerprint density at radius 2 is 0.958 bits per heavy atom. The van der Waals surface area contributed by atoms with Gasteiger partial charge in [-0.1, -0.05) is 50.0 Å². The van der Waals surface area contributed by atoms with Crippen molar-refractivity contribution in [2.24, 2.45) is 17.0 Å². The number of aliphatic carboxylic acids is 1. The number of benzene rings is 2. The number of hydrogen-bond donors (Lipinski definition) is 9. The molecule has 0 unspecified atom stereocenters. The third kappa shape index (κ3) is 23.1. The van der Waals surface area contributed by atoms with E-state index < -0.39 is 121 Å². The van der Waals surface area contributed by atoms with Crippen molar-refractivity contribution in [3.8, 4) is 45.8 Å². The van der Waals surface area contributed by atoms with Gasteiger partial charge >= 0.3 is 18.2 Å². The van der Waals surface area contributed by atoms with E-state index in [1.165, 1.54) is 32.5 Å². The van der Waals surface area contributed by atoms with Crippen LogP contribution in [0, 0.1) is 11.8 Å². The smallest absolute Gasteiger partial charge is 0.408 e. The Morgan fingerprint density at radius 3 is 1.36 bits per heavy atom. The Labute approximate surface area is 700 Å². The fourth-order valence-electron chi connectivity index (χ4n) is 16.1. The lowest BCUT2D eigenvalue weighted by atomic mass is 10.0. The maximum atomic E-state index is 14.7. The molecule has 8 heterocycles. The second-order valence-corrected chi connectivity index (χ2v) is 37.6. The van der Waals surface area contributed by atoms with Crippen molar-refractivity contribution >= 4 is 122 Å². The molecular formula is C82H108N14O19S4. The van der Waals surface area contributed by atoms with Crippen LogP contribution in [0.5, 0.6) is 23.0 Å². The summed E-state index contributed by atoms with van der Waals surface area (Å²) >= 11 is 2.92. The van der Waals surface area contributed by atoms with E-state index in [4.69, 9.17) is 48.4 Å². The number of amides is 7. The van der Waals surface area contributed by atoms with Crippen LogP contribution in [0.1, 0.15) is 169 Å². The van der Waals surface area contributed by atoms with Crippen LogP contribution in [-0.4, -0.2) is 211 Å². The summed E-state index contributed by atoms with van der Waals surface area (Å²) < 4.78 is 81.1. The summed E-state index contributed by atoms with van der Waals surface area (Å²) in [6.45, 7) is 8.14. The highest BCUT2D eigenvalue weighted by molar-refractivity contribution is 7.89. The van der Waals surface area contributed by atoms with Crippen LogP contribution >= 0.6 is 22.7 Å². The van der Waals surface area contributed by atoms with E-state index in [9.17, 15) is 60.3 Å². The van der Waals surface area contributed by atoms with Crippen molar-refractivity contribution in [3.63, 3.8) is 0 Å². The molecule has 6 fully saturated rings. The van der Waals surface area contributed by atoms with Crippen LogP contribution in [0.2, 0.25) is 0 Å². The molecule has 0 spiro atoms. The highest BCUT2D eigenvalue weighted by Crippen LogP contribution is 2.48. The largest absolute Gasteiger partial charge is 0.497 e. The highest BCUT2D eigenvalue weighted by Gasteiger charge is 2.63. The number of carboxylic acid groups (broad SMARTS) is 1. The van der Waals surface area contributed by atoms with E-state index in [2.05, 4.69) is 41.8 Å². The predicted molar refractivity (Wildman–Crippen MR) is 449 cm³/mol. The molecule has 4 aliphatic carbocycles. The number of carbonyl (C=O) groups is 8. The first kappa shape index (κ1) is 88.3. The minimum atomic E-state index is -3.95. The minimum Gasteiger partial charge on any atom is -0.497 e. The fraction of sp³-hybridized carbons (Fsp3) is 0.561. The molecule has 644 valence electrons. The van der Waals surface area contributed by atoms with Gasteiger partial charge in [0.25, 0.3) is 5.91 Å². The first-order valence-corrected chi connectivity index (χ1v) is 46.4. The van der Waals surface area contributed by atoms with Crippen molar-refractivity contribution in [3.05, 3.63) is 83.6 Å². The van der Waals surface area contributed by atoms with Gasteiger partial charge in [-0.3, -0.25) is 28.7 Å². The Hall–Kier alpha value is -9.98. The number of hydrogen-bond acceptors (Lipinski definition) is 26. The number of allylic oxidation sites excluding steroid dienone is 2. The van der Waals surface area contributed by atoms with E-state index in [0.717, 1.165) is 106 Å². The molecule has 33 nitrogen and oxygen atoms in total. The second-order valence-electron chi connectivity index (χ2n) is 32.4. The quantitative estimate of drug-likeness (QED) is 0.0340. The van der Waals surface area contributed by atoms with Crippen LogP contribution in [0.4, 0.5) is 19.9 Å². The number of primary sulfonamides is 1. The second kappa shape index (κ2) is 38.6. The van der Waals surface area contributed by atoms with Crippen LogP contribution in [0.3, 0.4) is 0 Å². The van der Waals surface area contributed by atoms with Gasteiger partial charge < -0.3 is 75.2 Å². The third-order valence-corrected chi connectivity index (χ3v) is 24.3. The molecule has 37 heteroatoms. The number of fused-ring (bicyclic) bond motifs is 6. The van der Waals surface area contributed by atoms with Crippen LogP contribution in [0.15, 0.2) is 83.6 Å². The fourth-order valence-corrected chi connectivity index (χ4v) is 18.3. The van der Waals surface area contributed by atoms with Gasteiger partial charge in [-0.15, -0.1) is 22.7 Å². The lowest BCUT2D eigenvalue weighted by molar-refractivity contribution is -0.145. The average Bonchev–Trinajstić information content (AvgIpc) is 1.58. The number of anilines is 2. The minimum absolute atomic E-state index is 0.0207. The van der Waals surface area contributed by atoms with Crippen molar-refractivity contribution in [1.82, 2.24) is 55.7 Å². The summed E-state index contributed by atoms with van der Waals surface area (Å²) in [5, 5.41) is 39.3. The van der Waals surface area contributed by atoms with E-state index >= 15 is 0 Å². The maximum absolute atomic E-state index is 14.7. The molecule has 2 aromatic carbocycles. The lowest BCUT2D eigenvalue weighted by Gasteiger charge is -2.30. The Balaban J connectivity index is 0.000000207. The average molecular weight is 1720 g/mol. The number of ether oxygens (including phenoxy) is 6. The topological polar surface area (TPSA) is 449 Å². The molecule has 10 N–H and O–H groups in total. The molecule has 8 aliphatic rings. The predicted octanol–water partition coefficient (Wildman–Crippen LogP) is 10.0. The molecule has 4 saturated carbocycles. The summed E-state index contributed by atoms with van der Waals surface area (Å²) in [6.07, 6.45) is 20.6. The van der Waals surface area contributed by atoms with Crippen molar-refractivity contribution in [2.75, 3.05) is 50.5 Å². The van der Waals surface area contributed by atoms with E-state index in [-0.39, 0.29) is 69.0 Å². The van der Waals surface area contributed by atoms with Gasteiger partial charge in [0.15, 0.2) is 10.3 Å². The van der Waals surface area contributed by atoms with E-state index in [1.807, 2.05) is 93.1 Å². The summed E-state index contributed by atoms with van der Waals surface area (Å²) in [6, 6.07) is 10.8. The van der Waals surface area contributed by atoms with Gasteiger partial charge in [0.1, 0.15) is 94.0 Å². The number of pyridine rings is 2. The number of aromatic nitrogens is 4. The summed E-state index contributed by atoms with van der Waals surface area (Å²) in [5.74, 6) is -2.73. The number of nitrogens with one attached hydrogen (secondary N) is 7. The lowest BCUT2D eigenvalue weighted by Crippen LogP contribution is -2.58. The van der Waals surface area contributed by atoms with Crippen molar-refractivity contribution in [1.29, 1.82) is 0 Å².